The summed E-state index contributed by atoms with van der Waals surface area (Å²) in [7, 11) is 0.403. The summed E-state index contributed by atoms with van der Waals surface area (Å²) in [5.41, 5.74) is 0.874. The number of benzene rings is 1. The number of unbranched alkanes of at least 4 members (excludes halogenated alkanes) is 1. The molecule has 1 N–H and O–H groups in total. The Hall–Kier alpha value is -1.24. The number of esters is 1. The normalized spacial score (nSPS) is 14.9. The summed E-state index contributed by atoms with van der Waals surface area (Å²) in [6.45, 7) is 6.60. The van der Waals surface area contributed by atoms with Gasteiger partial charge in [-0.2, -0.15) is 0 Å². The molecule has 1 rings (SSSR count). The molecule has 0 fully saturated rings. The van der Waals surface area contributed by atoms with Crippen molar-refractivity contribution in [1.82, 2.24) is 9.99 Å². The van der Waals surface area contributed by atoms with Crippen LogP contribution in [0.25, 0.3) is 0 Å². The van der Waals surface area contributed by atoms with Crippen molar-refractivity contribution in [1.29, 1.82) is 0 Å². The molecule has 8 heteroatoms. The molecule has 0 spiro atoms. The van der Waals surface area contributed by atoms with Crippen LogP contribution in [-0.2, 0) is 29.8 Å². The number of rotatable bonds is 13. The zero-order valence-corrected chi connectivity index (χ0v) is 17.9. The second-order valence-electron chi connectivity index (χ2n) is 6.91. The third kappa shape index (κ3) is 10.6. The van der Waals surface area contributed by atoms with Crippen LogP contribution in [0.15, 0.2) is 30.3 Å². The highest BCUT2D eigenvalue weighted by atomic mass is 31.2. The van der Waals surface area contributed by atoms with E-state index in [1.807, 2.05) is 44.4 Å². The first-order chi connectivity index (χ1) is 12.7. The standard InChI is InChI=1S/C19H33N2O5P/c1-16(2)25-27(23,20-13-9-10-14-21(4)5)26-17(3)19(22)24-15-18-11-7-6-8-12-18/h6-8,11-12,16-17H,9-10,13-15H2,1-5H3,(H,20,23). The number of carbonyl (C=O) groups is 1. The minimum absolute atomic E-state index is 0.140. The van der Waals surface area contributed by atoms with Crippen molar-refractivity contribution in [2.45, 2.75) is 52.4 Å². The van der Waals surface area contributed by atoms with E-state index in [1.54, 1.807) is 13.8 Å². The molecule has 1 aromatic carbocycles. The third-order valence-corrected chi connectivity index (χ3v) is 5.44. The van der Waals surface area contributed by atoms with Crippen molar-refractivity contribution >= 4 is 13.7 Å². The minimum Gasteiger partial charge on any atom is -0.459 e. The van der Waals surface area contributed by atoms with Crippen LogP contribution in [0, 0.1) is 0 Å². The lowest BCUT2D eigenvalue weighted by atomic mass is 10.2. The number of carbonyl (C=O) groups excluding carboxylic acids is 1. The molecule has 1 aromatic rings. The first-order valence-electron chi connectivity index (χ1n) is 9.29. The van der Waals surface area contributed by atoms with E-state index in [9.17, 15) is 9.36 Å². The quantitative estimate of drug-likeness (QED) is 0.308. The van der Waals surface area contributed by atoms with Gasteiger partial charge >= 0.3 is 13.7 Å². The van der Waals surface area contributed by atoms with Gasteiger partial charge in [0.25, 0.3) is 0 Å². The number of ether oxygens (including phenoxy) is 1. The van der Waals surface area contributed by atoms with Gasteiger partial charge in [0.2, 0.25) is 0 Å². The van der Waals surface area contributed by atoms with Gasteiger partial charge in [-0.05, 0) is 59.8 Å². The third-order valence-electron chi connectivity index (χ3n) is 3.54. The molecule has 2 unspecified atom stereocenters. The second-order valence-corrected chi connectivity index (χ2v) is 8.64. The Kier molecular flexibility index (Phi) is 10.8. The Balaban J connectivity index is 2.52. The highest BCUT2D eigenvalue weighted by Gasteiger charge is 2.31. The largest absolute Gasteiger partial charge is 0.459 e. The molecule has 154 valence electrons. The maximum atomic E-state index is 12.9. The number of hydrogen-bond acceptors (Lipinski definition) is 6. The zero-order valence-electron chi connectivity index (χ0n) is 17.0. The minimum atomic E-state index is -3.61. The summed E-state index contributed by atoms with van der Waals surface area (Å²) in [4.78, 5) is 14.3. The number of nitrogens with one attached hydrogen (secondary N) is 1. The van der Waals surface area contributed by atoms with Crippen LogP contribution in [0.3, 0.4) is 0 Å². The summed E-state index contributed by atoms with van der Waals surface area (Å²) in [5.74, 6) is -0.583. The Bertz CT molecular complexity index is 595. The van der Waals surface area contributed by atoms with E-state index >= 15 is 0 Å². The van der Waals surface area contributed by atoms with Gasteiger partial charge < -0.3 is 9.64 Å². The monoisotopic (exact) mass is 400 g/mol. The highest BCUT2D eigenvalue weighted by molar-refractivity contribution is 7.51. The van der Waals surface area contributed by atoms with E-state index in [1.165, 1.54) is 6.92 Å². The second kappa shape index (κ2) is 12.3. The van der Waals surface area contributed by atoms with Gasteiger partial charge in [-0.3, -0.25) is 9.05 Å². The Morgan fingerprint density at radius 3 is 2.37 bits per heavy atom. The van der Waals surface area contributed by atoms with Gasteiger partial charge in [-0.25, -0.2) is 14.4 Å². The van der Waals surface area contributed by atoms with E-state index in [0.717, 1.165) is 24.9 Å². The topological polar surface area (TPSA) is 77.1 Å². The summed E-state index contributed by atoms with van der Waals surface area (Å²) < 4.78 is 29.1. The van der Waals surface area contributed by atoms with Crippen molar-refractivity contribution in [2.24, 2.45) is 0 Å². The molecule has 0 aliphatic carbocycles. The van der Waals surface area contributed by atoms with Gasteiger partial charge in [0.05, 0.1) is 6.10 Å². The molecular weight excluding hydrogens is 367 g/mol. The van der Waals surface area contributed by atoms with Crippen molar-refractivity contribution in [2.75, 3.05) is 27.2 Å². The SMILES string of the molecule is CC(C)OP(=O)(NCCCCN(C)C)OC(C)C(=O)OCc1ccccc1. The van der Waals surface area contributed by atoms with Crippen molar-refractivity contribution in [3.63, 3.8) is 0 Å². The van der Waals surface area contributed by atoms with Crippen LogP contribution in [-0.4, -0.2) is 50.3 Å². The average molecular weight is 400 g/mol. The summed E-state index contributed by atoms with van der Waals surface area (Å²) in [6.07, 6.45) is 0.459. The number of nitrogens with zero attached hydrogens (tertiary/aromatic N) is 1. The van der Waals surface area contributed by atoms with Gasteiger partial charge in [-0.15, -0.1) is 0 Å². The van der Waals surface area contributed by atoms with Crippen LogP contribution in [0.5, 0.6) is 0 Å². The van der Waals surface area contributed by atoms with Crippen LogP contribution >= 0.6 is 7.75 Å². The smallest absolute Gasteiger partial charge is 0.406 e. The first-order valence-corrected chi connectivity index (χ1v) is 10.8. The zero-order chi connectivity index (χ0) is 20.3. The molecule has 0 aliphatic rings. The van der Waals surface area contributed by atoms with Gasteiger partial charge in [0.15, 0.2) is 6.10 Å². The molecular formula is C19H33N2O5P. The summed E-state index contributed by atoms with van der Waals surface area (Å²) in [5, 5.41) is 2.85. The molecule has 0 aromatic heterocycles. The first kappa shape index (κ1) is 23.8. The Labute approximate surface area is 163 Å². The molecule has 2 atom stereocenters. The van der Waals surface area contributed by atoms with E-state index < -0.39 is 19.8 Å². The van der Waals surface area contributed by atoms with Crippen LogP contribution in [0.2, 0.25) is 0 Å². The van der Waals surface area contributed by atoms with E-state index in [0.29, 0.717) is 6.54 Å². The van der Waals surface area contributed by atoms with Crippen molar-refractivity contribution in [3.8, 4) is 0 Å². The Morgan fingerprint density at radius 1 is 1.11 bits per heavy atom. The maximum absolute atomic E-state index is 12.9. The lowest BCUT2D eigenvalue weighted by molar-refractivity contribution is -0.153. The van der Waals surface area contributed by atoms with E-state index in [4.69, 9.17) is 13.8 Å². The highest BCUT2D eigenvalue weighted by Crippen LogP contribution is 2.46. The predicted molar refractivity (Wildman–Crippen MR) is 106 cm³/mol. The fourth-order valence-corrected chi connectivity index (χ4v) is 3.93. The molecule has 0 amide bonds. The van der Waals surface area contributed by atoms with Crippen molar-refractivity contribution in [3.05, 3.63) is 35.9 Å². The lowest BCUT2D eigenvalue weighted by Crippen LogP contribution is -2.27. The van der Waals surface area contributed by atoms with Gasteiger partial charge in [-0.1, -0.05) is 30.3 Å². The fourth-order valence-electron chi connectivity index (χ4n) is 2.24. The molecule has 0 heterocycles. The van der Waals surface area contributed by atoms with Gasteiger partial charge in [0, 0.05) is 6.54 Å². The summed E-state index contributed by atoms with van der Waals surface area (Å²) >= 11 is 0. The van der Waals surface area contributed by atoms with Crippen LogP contribution in [0.4, 0.5) is 0 Å². The molecule has 0 radical (unpaired) electrons. The fraction of sp³-hybridized carbons (Fsp3) is 0.632. The lowest BCUT2D eigenvalue weighted by Gasteiger charge is -2.24. The van der Waals surface area contributed by atoms with Crippen LogP contribution in [0.1, 0.15) is 39.2 Å². The average Bonchev–Trinajstić information content (AvgIpc) is 2.59. The molecule has 0 saturated carbocycles. The summed E-state index contributed by atoms with van der Waals surface area (Å²) in [6, 6.07) is 9.35. The van der Waals surface area contributed by atoms with Crippen molar-refractivity contribution < 1.29 is 23.1 Å². The van der Waals surface area contributed by atoms with Gasteiger partial charge in [0.1, 0.15) is 6.61 Å². The van der Waals surface area contributed by atoms with E-state index in [-0.39, 0.29) is 12.7 Å². The molecule has 7 nitrogen and oxygen atoms in total. The van der Waals surface area contributed by atoms with E-state index in [2.05, 4.69) is 9.99 Å². The Morgan fingerprint density at radius 2 is 1.78 bits per heavy atom. The number of hydrogen-bond donors (Lipinski definition) is 1. The molecule has 0 saturated heterocycles. The molecule has 27 heavy (non-hydrogen) atoms. The predicted octanol–water partition coefficient (Wildman–Crippen LogP) is 3.60. The molecule has 0 bridgehead atoms. The molecule has 0 aliphatic heterocycles. The maximum Gasteiger partial charge on any atom is 0.406 e. The van der Waals surface area contributed by atoms with Crippen LogP contribution < -0.4 is 5.09 Å².